The lowest BCUT2D eigenvalue weighted by molar-refractivity contribution is 1.07. The maximum absolute atomic E-state index is 8.66. The fraction of sp³-hybridized carbons (Fsp3) is 0.154. The molecule has 4 nitrogen and oxygen atoms in total. The molecule has 1 aromatic heterocycles. The summed E-state index contributed by atoms with van der Waals surface area (Å²) >= 11 is 0. The smallest absolute Gasteiger partial charge is 0.158 e. The van der Waals surface area contributed by atoms with E-state index in [4.69, 9.17) is 5.26 Å². The van der Waals surface area contributed by atoms with Gasteiger partial charge in [0.2, 0.25) is 0 Å². The Morgan fingerprint density at radius 2 is 1.94 bits per heavy atom. The third-order valence-corrected chi connectivity index (χ3v) is 2.57. The molecule has 0 aliphatic carbocycles. The molecule has 1 heterocycles. The summed E-state index contributed by atoms with van der Waals surface area (Å²) in [5, 5.41) is 8.66. The van der Waals surface area contributed by atoms with Crippen molar-refractivity contribution in [1.29, 1.82) is 5.26 Å². The molecule has 0 unspecified atom stereocenters. The van der Waals surface area contributed by atoms with Gasteiger partial charge in [0.15, 0.2) is 11.5 Å². The van der Waals surface area contributed by atoms with Crippen LogP contribution in [0.3, 0.4) is 0 Å². The van der Waals surface area contributed by atoms with Gasteiger partial charge < -0.3 is 4.90 Å². The summed E-state index contributed by atoms with van der Waals surface area (Å²) < 4.78 is 0. The maximum atomic E-state index is 8.66. The van der Waals surface area contributed by atoms with Gasteiger partial charge in [0.05, 0.1) is 12.4 Å². The fourth-order valence-electron chi connectivity index (χ4n) is 1.62. The van der Waals surface area contributed by atoms with Crippen molar-refractivity contribution in [3.05, 3.63) is 47.9 Å². The lowest BCUT2D eigenvalue weighted by Crippen LogP contribution is -2.12. The highest BCUT2D eigenvalue weighted by atomic mass is 15.2. The van der Waals surface area contributed by atoms with Crippen LogP contribution < -0.4 is 4.90 Å². The van der Waals surface area contributed by atoms with Crippen molar-refractivity contribution >= 4 is 11.5 Å². The van der Waals surface area contributed by atoms with Gasteiger partial charge in [0.25, 0.3) is 0 Å². The molecule has 0 N–H and O–H groups in total. The lowest BCUT2D eigenvalue weighted by Gasteiger charge is -2.19. The third-order valence-electron chi connectivity index (χ3n) is 2.57. The largest absolute Gasteiger partial charge is 0.328 e. The molecule has 0 saturated heterocycles. The Morgan fingerprint density at radius 1 is 1.18 bits per heavy atom. The minimum absolute atomic E-state index is 0.326. The first kappa shape index (κ1) is 11.1. The summed E-state index contributed by atoms with van der Waals surface area (Å²) in [6.45, 7) is 2.04. The van der Waals surface area contributed by atoms with E-state index in [9.17, 15) is 0 Å². The number of aryl methyl sites for hydroxylation is 1. The Kier molecular flexibility index (Phi) is 3.01. The van der Waals surface area contributed by atoms with E-state index >= 15 is 0 Å². The van der Waals surface area contributed by atoms with Crippen LogP contribution in [0.15, 0.2) is 36.7 Å². The Morgan fingerprint density at radius 3 is 2.53 bits per heavy atom. The molecule has 0 bridgehead atoms. The first-order chi connectivity index (χ1) is 8.22. The van der Waals surface area contributed by atoms with Crippen LogP contribution >= 0.6 is 0 Å². The van der Waals surface area contributed by atoms with Crippen molar-refractivity contribution in [2.75, 3.05) is 11.9 Å². The van der Waals surface area contributed by atoms with E-state index < -0.39 is 0 Å². The zero-order chi connectivity index (χ0) is 12.3. The van der Waals surface area contributed by atoms with Gasteiger partial charge in [-0.05, 0) is 18.6 Å². The normalized spacial score (nSPS) is 9.71. The number of anilines is 2. The summed E-state index contributed by atoms with van der Waals surface area (Å²) in [6, 6.07) is 10.00. The second-order valence-electron chi connectivity index (χ2n) is 3.72. The highest BCUT2D eigenvalue weighted by molar-refractivity contribution is 5.62. The Bertz CT molecular complexity index is 554. The van der Waals surface area contributed by atoms with Gasteiger partial charge in [-0.3, -0.25) is 0 Å². The van der Waals surface area contributed by atoms with E-state index in [0.29, 0.717) is 5.69 Å². The van der Waals surface area contributed by atoms with Gasteiger partial charge in [0, 0.05) is 12.7 Å². The number of aromatic nitrogens is 2. The van der Waals surface area contributed by atoms with Crippen LogP contribution in [0.2, 0.25) is 0 Å². The van der Waals surface area contributed by atoms with Gasteiger partial charge >= 0.3 is 0 Å². The van der Waals surface area contributed by atoms with Gasteiger partial charge in [0.1, 0.15) is 6.07 Å². The summed E-state index contributed by atoms with van der Waals surface area (Å²) in [5.41, 5.74) is 2.57. The van der Waals surface area contributed by atoms with Crippen LogP contribution in [0.4, 0.5) is 11.5 Å². The summed E-state index contributed by atoms with van der Waals surface area (Å²) in [4.78, 5) is 10.2. The highest BCUT2D eigenvalue weighted by Gasteiger charge is 2.07. The average Bonchev–Trinajstić information content (AvgIpc) is 2.39. The standard InChI is InChI=1S/C13H12N4/c1-10-5-3-4-6-12(10)17(2)13-9-15-11(7-14)8-16-13/h3-6,8-9H,1-2H3. The fourth-order valence-corrected chi connectivity index (χ4v) is 1.62. The van der Waals surface area contributed by atoms with Gasteiger partial charge in [-0.1, -0.05) is 18.2 Å². The first-order valence-electron chi connectivity index (χ1n) is 5.24. The molecule has 0 atom stereocenters. The molecule has 0 fully saturated rings. The molecule has 2 aromatic rings. The molecule has 0 spiro atoms. The molecule has 0 saturated carbocycles. The van der Waals surface area contributed by atoms with Crippen molar-refractivity contribution in [1.82, 2.24) is 9.97 Å². The number of para-hydroxylation sites is 1. The van der Waals surface area contributed by atoms with Crippen LogP contribution in [0.25, 0.3) is 0 Å². The molecular weight excluding hydrogens is 212 g/mol. The Balaban J connectivity index is 2.34. The average molecular weight is 224 g/mol. The summed E-state index contributed by atoms with van der Waals surface area (Å²) in [5.74, 6) is 0.721. The summed E-state index contributed by atoms with van der Waals surface area (Å²) in [7, 11) is 1.93. The van der Waals surface area contributed by atoms with E-state index in [1.165, 1.54) is 11.8 Å². The number of nitriles is 1. The van der Waals surface area contributed by atoms with Gasteiger partial charge in [-0.2, -0.15) is 5.26 Å². The molecule has 2 rings (SSSR count). The van der Waals surface area contributed by atoms with Crippen LogP contribution in [-0.4, -0.2) is 17.0 Å². The van der Waals surface area contributed by atoms with E-state index in [-0.39, 0.29) is 0 Å². The van der Waals surface area contributed by atoms with Gasteiger partial charge in [-0.15, -0.1) is 0 Å². The molecule has 0 aliphatic rings. The quantitative estimate of drug-likeness (QED) is 0.786. The molecule has 0 aliphatic heterocycles. The van der Waals surface area contributed by atoms with Crippen molar-refractivity contribution in [2.24, 2.45) is 0 Å². The molecule has 4 heteroatoms. The SMILES string of the molecule is Cc1ccccc1N(C)c1cnc(C#N)cn1. The van der Waals surface area contributed by atoms with Crippen molar-refractivity contribution in [3.8, 4) is 6.07 Å². The molecule has 0 radical (unpaired) electrons. The molecular formula is C13H12N4. The molecule has 17 heavy (non-hydrogen) atoms. The summed E-state index contributed by atoms with van der Waals surface area (Å²) in [6.07, 6.45) is 3.08. The minimum atomic E-state index is 0.326. The zero-order valence-corrected chi connectivity index (χ0v) is 9.75. The number of hydrogen-bond acceptors (Lipinski definition) is 4. The van der Waals surface area contributed by atoms with E-state index in [2.05, 4.69) is 9.97 Å². The van der Waals surface area contributed by atoms with Crippen molar-refractivity contribution in [2.45, 2.75) is 6.92 Å². The second-order valence-corrected chi connectivity index (χ2v) is 3.72. The van der Waals surface area contributed by atoms with Gasteiger partial charge in [-0.25, -0.2) is 9.97 Å². The van der Waals surface area contributed by atoms with Crippen molar-refractivity contribution in [3.63, 3.8) is 0 Å². The number of rotatable bonds is 2. The monoisotopic (exact) mass is 224 g/mol. The predicted octanol–water partition coefficient (Wildman–Crippen LogP) is 2.42. The number of benzene rings is 1. The van der Waals surface area contributed by atoms with Crippen LogP contribution in [0.1, 0.15) is 11.3 Å². The predicted molar refractivity (Wildman–Crippen MR) is 66.0 cm³/mol. The Hall–Kier alpha value is -2.41. The second kappa shape index (κ2) is 4.62. The topological polar surface area (TPSA) is 52.8 Å². The van der Waals surface area contributed by atoms with Crippen LogP contribution in [0, 0.1) is 18.3 Å². The zero-order valence-electron chi connectivity index (χ0n) is 9.75. The number of nitrogens with zero attached hydrogens (tertiary/aromatic N) is 4. The first-order valence-corrected chi connectivity index (χ1v) is 5.24. The van der Waals surface area contributed by atoms with Crippen molar-refractivity contribution < 1.29 is 0 Å². The molecule has 1 aromatic carbocycles. The van der Waals surface area contributed by atoms with E-state index in [1.807, 2.05) is 49.2 Å². The lowest BCUT2D eigenvalue weighted by atomic mass is 10.2. The third kappa shape index (κ3) is 2.23. The maximum Gasteiger partial charge on any atom is 0.158 e. The van der Waals surface area contributed by atoms with E-state index in [0.717, 1.165) is 11.5 Å². The molecule has 84 valence electrons. The molecule has 0 amide bonds. The van der Waals surface area contributed by atoms with E-state index in [1.54, 1.807) is 6.20 Å². The minimum Gasteiger partial charge on any atom is -0.328 e. The highest BCUT2D eigenvalue weighted by Crippen LogP contribution is 2.23. The van der Waals surface area contributed by atoms with Crippen LogP contribution in [0.5, 0.6) is 0 Å². The Labute approximate surface area is 100 Å². The van der Waals surface area contributed by atoms with Crippen LogP contribution in [-0.2, 0) is 0 Å². The number of hydrogen-bond donors (Lipinski definition) is 0.